The number of rotatable bonds is 0. The second kappa shape index (κ2) is 6.03. The molecule has 0 aromatic carbocycles. The lowest BCUT2D eigenvalue weighted by molar-refractivity contribution is -0.126. The Bertz CT molecular complexity index is 804. The predicted octanol–water partition coefficient (Wildman–Crippen LogP) is 3.72. The third-order valence-corrected chi connectivity index (χ3v) is 6.82. The average molecular weight is 392 g/mol. The molecule has 7 heteroatoms. The van der Waals surface area contributed by atoms with Crippen molar-refractivity contribution < 1.29 is 14.3 Å². The largest absolute Gasteiger partial charge is 0.467 e. The summed E-state index contributed by atoms with van der Waals surface area (Å²) in [5.41, 5.74) is 1.82. The Morgan fingerprint density at radius 3 is 2.81 bits per heavy atom. The summed E-state index contributed by atoms with van der Waals surface area (Å²) in [5.74, 6) is 0.845. The zero-order valence-electron chi connectivity index (χ0n) is 15.9. The van der Waals surface area contributed by atoms with Crippen LogP contribution in [-0.4, -0.2) is 46.0 Å². The van der Waals surface area contributed by atoms with Gasteiger partial charge in [-0.1, -0.05) is 12.5 Å². The van der Waals surface area contributed by atoms with Crippen LogP contribution in [0.2, 0.25) is 0 Å². The summed E-state index contributed by atoms with van der Waals surface area (Å²) in [7, 11) is 1.77. The van der Waals surface area contributed by atoms with Gasteiger partial charge in [-0.15, -0.1) is 12.4 Å². The minimum absolute atomic E-state index is 0. The zero-order valence-corrected chi connectivity index (χ0v) is 16.7. The molecule has 0 bridgehead atoms. The van der Waals surface area contributed by atoms with Gasteiger partial charge in [0.15, 0.2) is 0 Å². The van der Waals surface area contributed by atoms with Crippen molar-refractivity contribution in [3.63, 3.8) is 0 Å². The number of likely N-dealkylation sites (N-methyl/N-ethyl adjacent to an activating group) is 1. The van der Waals surface area contributed by atoms with Crippen LogP contribution in [0.4, 0.5) is 4.79 Å². The molecule has 4 aliphatic heterocycles. The van der Waals surface area contributed by atoms with Gasteiger partial charge in [-0.05, 0) is 37.7 Å². The number of allylic oxidation sites excluding steroid dienone is 3. The highest BCUT2D eigenvalue weighted by atomic mass is 35.5. The van der Waals surface area contributed by atoms with E-state index in [9.17, 15) is 9.59 Å². The SMILES string of the molecule is CC(=O)N1CC2(CC34CCCCC3=CN3C=CCCC3=C4O2)N(C)C1=O.Cl. The lowest BCUT2D eigenvalue weighted by Crippen LogP contribution is -2.45. The summed E-state index contributed by atoms with van der Waals surface area (Å²) in [6, 6.07) is -0.250. The number of hydrogen-bond donors (Lipinski definition) is 0. The van der Waals surface area contributed by atoms with Gasteiger partial charge >= 0.3 is 6.03 Å². The van der Waals surface area contributed by atoms with Crippen molar-refractivity contribution in [1.82, 2.24) is 14.7 Å². The van der Waals surface area contributed by atoms with Gasteiger partial charge in [0, 0.05) is 32.8 Å². The lowest BCUT2D eigenvalue weighted by atomic mass is 9.65. The van der Waals surface area contributed by atoms with Crippen LogP contribution in [-0.2, 0) is 9.53 Å². The molecule has 0 aromatic rings. The quantitative estimate of drug-likeness (QED) is 0.631. The second-order valence-corrected chi connectivity index (χ2v) is 8.22. The fraction of sp³-hybridized carbons (Fsp3) is 0.600. The maximum atomic E-state index is 12.7. The number of carbonyl (C=O) groups excluding carboxylic acids is 2. The molecule has 3 amide bonds. The smallest absolute Gasteiger partial charge is 0.329 e. The molecule has 2 spiro atoms. The summed E-state index contributed by atoms with van der Waals surface area (Å²) in [6.07, 6.45) is 13.9. The van der Waals surface area contributed by atoms with Crippen LogP contribution in [0, 0.1) is 5.41 Å². The fourth-order valence-corrected chi connectivity index (χ4v) is 5.45. The van der Waals surface area contributed by atoms with Gasteiger partial charge in [0.05, 0.1) is 17.7 Å². The Kier molecular flexibility index (Phi) is 4.11. The fourth-order valence-electron chi connectivity index (χ4n) is 5.45. The first-order chi connectivity index (χ1) is 12.5. The van der Waals surface area contributed by atoms with Crippen molar-refractivity contribution in [3.8, 4) is 0 Å². The normalized spacial score (nSPS) is 34.1. The summed E-state index contributed by atoms with van der Waals surface area (Å²) in [6.45, 7) is 1.77. The number of nitrogens with zero attached hydrogens (tertiary/aromatic N) is 3. The van der Waals surface area contributed by atoms with Gasteiger partial charge in [-0.25, -0.2) is 4.79 Å². The van der Waals surface area contributed by atoms with Gasteiger partial charge < -0.3 is 9.64 Å². The van der Waals surface area contributed by atoms with E-state index in [0.717, 1.165) is 37.9 Å². The first kappa shape index (κ1) is 18.4. The number of fused-ring (bicyclic) bond motifs is 1. The number of hydrogen-bond acceptors (Lipinski definition) is 4. The maximum Gasteiger partial charge on any atom is 0.329 e. The first-order valence-corrected chi connectivity index (χ1v) is 9.62. The Morgan fingerprint density at radius 2 is 2.07 bits per heavy atom. The van der Waals surface area contributed by atoms with Crippen molar-refractivity contribution >= 4 is 24.3 Å². The molecular formula is C20H26ClN3O3. The van der Waals surface area contributed by atoms with Gasteiger partial charge in [0.2, 0.25) is 11.6 Å². The third-order valence-electron chi connectivity index (χ3n) is 6.82. The second-order valence-electron chi connectivity index (χ2n) is 8.22. The highest BCUT2D eigenvalue weighted by Gasteiger charge is 2.64. The van der Waals surface area contributed by atoms with Crippen LogP contribution in [0.1, 0.15) is 51.9 Å². The number of carbonyl (C=O) groups is 2. The molecule has 146 valence electrons. The van der Waals surface area contributed by atoms with Crippen molar-refractivity contribution in [2.24, 2.45) is 5.41 Å². The Morgan fingerprint density at radius 1 is 1.26 bits per heavy atom. The van der Waals surface area contributed by atoms with Gasteiger partial charge in [0.1, 0.15) is 5.76 Å². The van der Waals surface area contributed by atoms with Crippen molar-refractivity contribution in [2.75, 3.05) is 13.6 Å². The van der Waals surface area contributed by atoms with Crippen LogP contribution in [0.3, 0.4) is 0 Å². The van der Waals surface area contributed by atoms with E-state index in [1.165, 1.54) is 35.9 Å². The van der Waals surface area contributed by atoms with E-state index in [-0.39, 0.29) is 29.8 Å². The highest BCUT2D eigenvalue weighted by molar-refractivity contribution is 5.95. The van der Waals surface area contributed by atoms with E-state index < -0.39 is 5.72 Å². The van der Waals surface area contributed by atoms with Crippen molar-refractivity contribution in [2.45, 2.75) is 57.6 Å². The van der Waals surface area contributed by atoms with E-state index in [4.69, 9.17) is 4.74 Å². The molecule has 6 nitrogen and oxygen atoms in total. The standard InChI is InChI=1S/C20H25N3O3.ClH/c1-14(24)23-13-20(21(2)18(23)25)12-19-9-5-3-7-15(19)11-22-10-6-4-8-16(22)17(19)26-20;/h6,10-11H,3-5,7-9,12-13H2,1-2H3;1H. The van der Waals surface area contributed by atoms with E-state index in [2.05, 4.69) is 23.4 Å². The van der Waals surface area contributed by atoms with Gasteiger partial charge in [0.25, 0.3) is 0 Å². The zero-order chi connectivity index (χ0) is 18.1. The first-order valence-electron chi connectivity index (χ1n) is 9.62. The predicted molar refractivity (Wildman–Crippen MR) is 102 cm³/mol. The maximum absolute atomic E-state index is 12.7. The summed E-state index contributed by atoms with van der Waals surface area (Å²) in [4.78, 5) is 29.8. The Balaban J connectivity index is 0.00000180. The molecule has 5 aliphatic rings. The number of urea groups is 1. The van der Waals surface area contributed by atoms with Crippen LogP contribution in [0.25, 0.3) is 0 Å². The molecule has 5 rings (SSSR count). The summed E-state index contributed by atoms with van der Waals surface area (Å²) >= 11 is 0. The van der Waals surface area contributed by atoms with E-state index in [1.54, 1.807) is 11.9 Å². The lowest BCUT2D eigenvalue weighted by Gasteiger charge is -2.42. The Labute approximate surface area is 165 Å². The molecule has 0 N–H and O–H groups in total. The third kappa shape index (κ3) is 2.32. The number of halogens is 1. The molecule has 0 aromatic heterocycles. The summed E-state index contributed by atoms with van der Waals surface area (Å²) < 4.78 is 6.68. The summed E-state index contributed by atoms with van der Waals surface area (Å²) in [5, 5.41) is 0. The van der Waals surface area contributed by atoms with Crippen molar-refractivity contribution in [1.29, 1.82) is 0 Å². The molecule has 1 saturated carbocycles. The molecule has 0 radical (unpaired) electrons. The number of ether oxygens (including phenoxy) is 1. The number of imide groups is 1. The van der Waals surface area contributed by atoms with Crippen LogP contribution >= 0.6 is 12.4 Å². The highest BCUT2D eigenvalue weighted by Crippen LogP contribution is 2.62. The van der Waals surface area contributed by atoms with Crippen molar-refractivity contribution in [3.05, 3.63) is 35.5 Å². The minimum atomic E-state index is -0.737. The Hall–Kier alpha value is -1.95. The van der Waals surface area contributed by atoms with Gasteiger partial charge in [-0.2, -0.15) is 0 Å². The van der Waals surface area contributed by atoms with Gasteiger partial charge in [-0.3, -0.25) is 14.6 Å². The minimum Gasteiger partial charge on any atom is -0.467 e. The van der Waals surface area contributed by atoms with E-state index in [1.807, 2.05) is 0 Å². The molecule has 2 unspecified atom stereocenters. The molecule has 4 heterocycles. The van der Waals surface area contributed by atoms with Crippen LogP contribution in [0.15, 0.2) is 35.5 Å². The molecule has 2 atom stereocenters. The molecule has 27 heavy (non-hydrogen) atoms. The van der Waals surface area contributed by atoms with Crippen LogP contribution < -0.4 is 0 Å². The van der Waals surface area contributed by atoms with Crippen LogP contribution in [0.5, 0.6) is 0 Å². The topological polar surface area (TPSA) is 53.1 Å². The molecule has 1 aliphatic carbocycles. The van der Waals surface area contributed by atoms with E-state index in [0.29, 0.717) is 6.54 Å². The molecule has 2 saturated heterocycles. The average Bonchev–Trinajstić information content (AvgIpc) is 3.09. The molecule has 3 fully saturated rings. The monoisotopic (exact) mass is 391 g/mol. The molecular weight excluding hydrogens is 366 g/mol. The van der Waals surface area contributed by atoms with E-state index >= 15 is 0 Å². The number of amides is 3.